The van der Waals surface area contributed by atoms with Gasteiger partial charge in [-0.1, -0.05) is 53.0 Å². The van der Waals surface area contributed by atoms with Crippen molar-refractivity contribution in [2.24, 2.45) is 0 Å². The van der Waals surface area contributed by atoms with Gasteiger partial charge in [0, 0.05) is 22.2 Å². The van der Waals surface area contributed by atoms with Gasteiger partial charge in [0.05, 0.1) is 12.2 Å². The number of nitrogens with zero attached hydrogens (tertiary/aromatic N) is 2. The van der Waals surface area contributed by atoms with E-state index in [1.807, 2.05) is 19.1 Å². The maximum atomic E-state index is 13.8. The van der Waals surface area contributed by atoms with Crippen LogP contribution >= 0.6 is 23.2 Å². The van der Waals surface area contributed by atoms with Crippen molar-refractivity contribution >= 4 is 40.6 Å². The molecule has 2 aromatic carbocycles. The van der Waals surface area contributed by atoms with Crippen molar-refractivity contribution in [3.8, 4) is 0 Å². The first-order chi connectivity index (χ1) is 14.6. The van der Waals surface area contributed by atoms with Crippen molar-refractivity contribution in [3.63, 3.8) is 0 Å². The number of aryl methyl sites for hydroxylation is 1. The molecular weight excluding hydrogens is 452 g/mol. The number of hydrogen-bond acceptors (Lipinski definition) is 3. The Bertz CT molecular complexity index is 1110. The van der Waals surface area contributed by atoms with E-state index in [4.69, 9.17) is 23.2 Å². The summed E-state index contributed by atoms with van der Waals surface area (Å²) in [5, 5.41) is 10.2. The highest BCUT2D eigenvalue weighted by Crippen LogP contribution is 2.44. The van der Waals surface area contributed by atoms with Crippen molar-refractivity contribution in [2.45, 2.75) is 31.6 Å². The lowest BCUT2D eigenvalue weighted by atomic mass is 9.96. The third-order valence-electron chi connectivity index (χ3n) is 5.08. The van der Waals surface area contributed by atoms with Gasteiger partial charge in [-0.05, 0) is 30.7 Å². The minimum Gasteiger partial charge on any atom is -0.363 e. The number of halogens is 5. The molecule has 2 atom stereocenters. The van der Waals surface area contributed by atoms with Crippen LogP contribution in [-0.4, -0.2) is 21.9 Å². The number of hydrogen-bond donors (Lipinski definition) is 2. The van der Waals surface area contributed by atoms with Gasteiger partial charge in [-0.2, -0.15) is 18.3 Å². The van der Waals surface area contributed by atoms with Crippen molar-refractivity contribution in [1.82, 2.24) is 9.78 Å². The molecule has 0 unspecified atom stereocenters. The molecule has 0 bridgehead atoms. The quantitative estimate of drug-likeness (QED) is 0.466. The van der Waals surface area contributed by atoms with E-state index in [9.17, 15) is 18.0 Å². The lowest BCUT2D eigenvalue weighted by Crippen LogP contribution is -2.36. The van der Waals surface area contributed by atoms with E-state index in [0.29, 0.717) is 21.3 Å². The third kappa shape index (κ3) is 4.50. The molecule has 0 spiro atoms. The number of carbonyl (C=O) groups is 1. The Balaban J connectivity index is 1.69. The van der Waals surface area contributed by atoms with Crippen LogP contribution in [0.25, 0.3) is 0 Å². The fourth-order valence-corrected chi connectivity index (χ4v) is 4.10. The van der Waals surface area contributed by atoms with E-state index in [1.165, 1.54) is 18.2 Å². The maximum Gasteiger partial charge on any atom is 0.410 e. The Labute approximate surface area is 186 Å². The first-order valence-electron chi connectivity index (χ1n) is 9.36. The highest BCUT2D eigenvalue weighted by Gasteiger charge is 2.47. The van der Waals surface area contributed by atoms with Crippen LogP contribution in [0.2, 0.25) is 10.0 Å². The zero-order valence-electron chi connectivity index (χ0n) is 16.2. The number of rotatable bonds is 3. The summed E-state index contributed by atoms with van der Waals surface area (Å²) in [6.07, 6.45) is -3.65. The number of anilines is 2. The summed E-state index contributed by atoms with van der Waals surface area (Å²) in [7, 11) is 0. The van der Waals surface area contributed by atoms with Crippen LogP contribution in [0.4, 0.5) is 24.7 Å². The summed E-state index contributed by atoms with van der Waals surface area (Å²) in [5.74, 6) is -0.623. The van der Waals surface area contributed by atoms with Crippen LogP contribution in [-0.2, 0) is 0 Å². The molecule has 1 aliphatic heterocycles. The van der Waals surface area contributed by atoms with Gasteiger partial charge in [-0.25, -0.2) is 4.68 Å². The summed E-state index contributed by atoms with van der Waals surface area (Å²) in [5.41, 5.74) is 2.00. The highest BCUT2D eigenvalue weighted by atomic mass is 35.5. The molecule has 2 N–H and O–H groups in total. The molecule has 1 amide bonds. The Hall–Kier alpha value is -2.71. The van der Waals surface area contributed by atoms with Crippen LogP contribution in [0.1, 0.15) is 40.0 Å². The zero-order valence-corrected chi connectivity index (χ0v) is 17.7. The van der Waals surface area contributed by atoms with Crippen molar-refractivity contribution in [1.29, 1.82) is 0 Å². The molecule has 5 nitrogen and oxygen atoms in total. The predicted molar refractivity (Wildman–Crippen MR) is 114 cm³/mol. The number of nitrogens with one attached hydrogen (secondary N) is 2. The number of alkyl halides is 3. The van der Waals surface area contributed by atoms with E-state index < -0.39 is 24.2 Å². The number of benzene rings is 2. The number of fused-ring (bicyclic) bond motifs is 1. The summed E-state index contributed by atoms with van der Waals surface area (Å²) in [6.45, 7) is 1.90. The molecule has 0 saturated heterocycles. The molecule has 4 rings (SSSR count). The lowest BCUT2D eigenvalue weighted by Gasteiger charge is -2.34. The predicted octanol–water partition coefficient (Wildman–Crippen LogP) is 6.41. The number of carbonyl (C=O) groups excluding carboxylic acids is 1. The average molecular weight is 469 g/mol. The highest BCUT2D eigenvalue weighted by molar-refractivity contribution is 6.35. The summed E-state index contributed by atoms with van der Waals surface area (Å²) >= 11 is 11.9. The maximum absolute atomic E-state index is 13.8. The van der Waals surface area contributed by atoms with Crippen LogP contribution in [0, 0.1) is 6.92 Å². The second kappa shape index (κ2) is 8.09. The molecule has 31 heavy (non-hydrogen) atoms. The molecule has 3 aromatic rings. The molecule has 0 fully saturated rings. The summed E-state index contributed by atoms with van der Waals surface area (Å²) < 4.78 is 42.2. The number of amides is 1. The van der Waals surface area contributed by atoms with Crippen molar-refractivity contribution in [2.75, 3.05) is 10.6 Å². The smallest absolute Gasteiger partial charge is 0.363 e. The molecule has 0 radical (unpaired) electrons. The Kier molecular flexibility index (Phi) is 5.61. The van der Waals surface area contributed by atoms with Gasteiger partial charge in [0.2, 0.25) is 0 Å². The van der Waals surface area contributed by atoms with Gasteiger partial charge in [0.15, 0.2) is 6.04 Å². The summed E-state index contributed by atoms with van der Waals surface area (Å²) in [6, 6.07) is 9.21. The molecular formula is C21H17Cl2F3N4O. The lowest BCUT2D eigenvalue weighted by molar-refractivity contribution is -0.173. The molecule has 1 aromatic heterocycles. The van der Waals surface area contributed by atoms with E-state index >= 15 is 0 Å². The monoisotopic (exact) mass is 468 g/mol. The van der Waals surface area contributed by atoms with Crippen LogP contribution in [0.15, 0.2) is 48.7 Å². The van der Waals surface area contributed by atoms with Crippen LogP contribution < -0.4 is 10.6 Å². The number of aromatic nitrogens is 2. The average Bonchev–Trinajstić information content (AvgIpc) is 3.10. The Morgan fingerprint density at radius 2 is 1.81 bits per heavy atom. The molecule has 10 heteroatoms. The topological polar surface area (TPSA) is 59.0 Å². The molecule has 0 saturated carbocycles. The van der Waals surface area contributed by atoms with E-state index in [0.717, 1.165) is 16.4 Å². The van der Waals surface area contributed by atoms with Gasteiger partial charge < -0.3 is 10.6 Å². The fourth-order valence-electron chi connectivity index (χ4n) is 3.57. The molecule has 0 aliphatic carbocycles. The normalized spacial score (nSPS) is 18.3. The second-order valence-electron chi connectivity index (χ2n) is 7.36. The van der Waals surface area contributed by atoms with E-state index in [-0.39, 0.29) is 17.8 Å². The van der Waals surface area contributed by atoms with Gasteiger partial charge in [0.25, 0.3) is 5.91 Å². The third-order valence-corrected chi connectivity index (χ3v) is 5.52. The van der Waals surface area contributed by atoms with Crippen molar-refractivity contribution in [3.05, 3.63) is 75.4 Å². The standard InChI is InChI=1S/C21H17Cl2F3N4O/c1-11-2-4-12(5-3-11)17-9-18(21(24,25)26)30-19(29-17)16(10-27-30)20(31)28-15-7-13(22)6-14(23)8-15/h2-8,10,17-18,29H,9H2,1H3,(H,28,31)/t17-,18-/m0/s1. The first kappa shape index (κ1) is 21.5. The van der Waals surface area contributed by atoms with Crippen molar-refractivity contribution < 1.29 is 18.0 Å². The summed E-state index contributed by atoms with van der Waals surface area (Å²) in [4.78, 5) is 12.8. The minimum atomic E-state index is -4.53. The van der Waals surface area contributed by atoms with Gasteiger partial charge in [0.1, 0.15) is 11.4 Å². The molecule has 1 aliphatic rings. The largest absolute Gasteiger partial charge is 0.410 e. The van der Waals surface area contributed by atoms with E-state index in [2.05, 4.69) is 15.7 Å². The Morgan fingerprint density at radius 1 is 1.16 bits per heavy atom. The molecule has 162 valence electrons. The van der Waals surface area contributed by atoms with Crippen LogP contribution in [0.5, 0.6) is 0 Å². The van der Waals surface area contributed by atoms with Crippen LogP contribution in [0.3, 0.4) is 0 Å². The van der Waals surface area contributed by atoms with Gasteiger partial charge in [-0.15, -0.1) is 0 Å². The van der Waals surface area contributed by atoms with Gasteiger partial charge in [-0.3, -0.25) is 4.79 Å². The molecule has 2 heterocycles. The van der Waals surface area contributed by atoms with E-state index in [1.54, 1.807) is 12.1 Å². The Morgan fingerprint density at radius 3 is 2.42 bits per heavy atom. The van der Waals surface area contributed by atoms with Gasteiger partial charge >= 0.3 is 6.18 Å². The first-order valence-corrected chi connectivity index (χ1v) is 10.1. The fraction of sp³-hybridized carbons (Fsp3) is 0.238. The SMILES string of the molecule is Cc1ccc([C@@H]2C[C@@H](C(F)(F)F)n3ncc(C(=O)Nc4cc(Cl)cc(Cl)c4)c3N2)cc1. The zero-order chi connectivity index (χ0) is 22.3. The minimum absolute atomic E-state index is 0.00442. The second-order valence-corrected chi connectivity index (χ2v) is 8.24.